The number of ether oxygens (including phenoxy) is 2. The van der Waals surface area contributed by atoms with Gasteiger partial charge < -0.3 is 14.6 Å². The second-order valence-electron chi connectivity index (χ2n) is 4.23. The molecule has 2 rings (SSSR count). The minimum atomic E-state index is -1.01. The molecule has 1 aromatic heterocycles. The van der Waals surface area contributed by atoms with Gasteiger partial charge in [-0.15, -0.1) is 5.10 Å². The van der Waals surface area contributed by atoms with Gasteiger partial charge in [-0.2, -0.15) is 0 Å². The van der Waals surface area contributed by atoms with Crippen LogP contribution in [-0.2, 0) is 16.0 Å². The Hall–Kier alpha value is -1.47. The fraction of sp³-hybridized carbons (Fsp3) is 0.727. The lowest BCUT2D eigenvalue weighted by atomic mass is 10.2. The van der Waals surface area contributed by atoms with Gasteiger partial charge in [0.05, 0.1) is 32.1 Å². The highest BCUT2D eigenvalue weighted by molar-refractivity contribution is 5.86. The van der Waals surface area contributed by atoms with Gasteiger partial charge in [0.25, 0.3) is 0 Å². The number of hydrogen-bond acceptors (Lipinski definition) is 5. The number of hydrogen-bond donors (Lipinski definition) is 1. The topological polar surface area (TPSA) is 86.5 Å². The van der Waals surface area contributed by atoms with Gasteiger partial charge in [0, 0.05) is 13.0 Å². The maximum Gasteiger partial charge on any atom is 0.358 e. The van der Waals surface area contributed by atoms with Crippen molar-refractivity contribution >= 4 is 5.97 Å². The molecule has 18 heavy (non-hydrogen) atoms. The molecule has 1 fully saturated rings. The van der Waals surface area contributed by atoms with E-state index in [4.69, 9.17) is 14.6 Å². The average Bonchev–Trinajstić information content (AvgIpc) is 3.09. The van der Waals surface area contributed by atoms with Crippen LogP contribution >= 0.6 is 0 Å². The number of nitrogens with zero attached hydrogens (tertiary/aromatic N) is 3. The van der Waals surface area contributed by atoms with Crippen LogP contribution in [0.4, 0.5) is 0 Å². The van der Waals surface area contributed by atoms with Gasteiger partial charge in [-0.1, -0.05) is 5.21 Å². The summed E-state index contributed by atoms with van der Waals surface area (Å²) in [6.07, 6.45) is 2.02. The first-order valence-electron chi connectivity index (χ1n) is 5.97. The van der Waals surface area contributed by atoms with Crippen molar-refractivity contribution in [2.45, 2.75) is 25.3 Å². The van der Waals surface area contributed by atoms with Crippen molar-refractivity contribution < 1.29 is 19.4 Å². The molecule has 1 aliphatic rings. The van der Waals surface area contributed by atoms with Crippen LogP contribution in [0.5, 0.6) is 0 Å². The van der Waals surface area contributed by atoms with Crippen LogP contribution in [0, 0.1) is 0 Å². The van der Waals surface area contributed by atoms with Crippen LogP contribution < -0.4 is 0 Å². The first kappa shape index (κ1) is 13.0. The Bertz CT molecular complexity index is 414. The Morgan fingerprint density at radius 2 is 2.22 bits per heavy atom. The smallest absolute Gasteiger partial charge is 0.358 e. The third-order valence-corrected chi connectivity index (χ3v) is 2.82. The Balaban J connectivity index is 1.93. The summed E-state index contributed by atoms with van der Waals surface area (Å²) >= 11 is 0. The lowest BCUT2D eigenvalue weighted by Gasteiger charge is -2.06. The van der Waals surface area contributed by atoms with E-state index in [9.17, 15) is 4.79 Å². The van der Waals surface area contributed by atoms with Crippen LogP contribution in [0.1, 0.15) is 34.9 Å². The SMILES string of the molecule is COCCOCCn1nnc(C(=O)O)c1C1CC1. The third-order valence-electron chi connectivity index (χ3n) is 2.82. The van der Waals surface area contributed by atoms with Crippen LogP contribution in [-0.4, -0.2) is 53.0 Å². The number of methoxy groups -OCH3 is 1. The van der Waals surface area contributed by atoms with Crippen molar-refractivity contribution in [3.8, 4) is 0 Å². The lowest BCUT2D eigenvalue weighted by molar-refractivity contribution is 0.0647. The highest BCUT2D eigenvalue weighted by Gasteiger charge is 2.33. The summed E-state index contributed by atoms with van der Waals surface area (Å²) in [5.74, 6) is -0.714. The number of carboxylic acids is 1. The maximum atomic E-state index is 11.0. The zero-order valence-electron chi connectivity index (χ0n) is 10.3. The van der Waals surface area contributed by atoms with E-state index in [1.807, 2.05) is 0 Å². The molecule has 0 aromatic carbocycles. The lowest BCUT2D eigenvalue weighted by Crippen LogP contribution is -2.13. The zero-order valence-corrected chi connectivity index (χ0v) is 10.3. The summed E-state index contributed by atoms with van der Waals surface area (Å²) in [4.78, 5) is 11.0. The Morgan fingerprint density at radius 1 is 1.44 bits per heavy atom. The predicted molar refractivity (Wildman–Crippen MR) is 61.7 cm³/mol. The van der Waals surface area contributed by atoms with Gasteiger partial charge in [-0.3, -0.25) is 0 Å². The van der Waals surface area contributed by atoms with E-state index in [1.165, 1.54) is 0 Å². The zero-order chi connectivity index (χ0) is 13.0. The van der Waals surface area contributed by atoms with Crippen molar-refractivity contribution in [3.05, 3.63) is 11.4 Å². The van der Waals surface area contributed by atoms with E-state index in [2.05, 4.69) is 10.3 Å². The molecule has 1 N–H and O–H groups in total. The van der Waals surface area contributed by atoms with Crippen LogP contribution in [0.15, 0.2) is 0 Å². The van der Waals surface area contributed by atoms with Crippen molar-refractivity contribution in [2.24, 2.45) is 0 Å². The Kier molecular flexibility index (Phi) is 4.27. The summed E-state index contributed by atoms with van der Waals surface area (Å²) in [6, 6.07) is 0. The standard InChI is InChI=1S/C11H17N3O4/c1-17-6-7-18-5-4-14-10(8-2-3-8)9(11(15)16)12-13-14/h8H,2-7H2,1H3,(H,15,16). The molecule has 0 amide bonds. The highest BCUT2D eigenvalue weighted by Crippen LogP contribution is 2.41. The van der Waals surface area contributed by atoms with E-state index >= 15 is 0 Å². The molecule has 1 heterocycles. The summed E-state index contributed by atoms with van der Waals surface area (Å²) in [5, 5.41) is 16.6. The molecule has 0 saturated heterocycles. The number of carboxylic acid groups (broad SMARTS) is 1. The fourth-order valence-corrected chi connectivity index (χ4v) is 1.79. The first-order chi connectivity index (χ1) is 8.74. The Labute approximate surface area is 105 Å². The van der Waals surface area contributed by atoms with Gasteiger partial charge in [0.15, 0.2) is 5.69 Å². The van der Waals surface area contributed by atoms with Gasteiger partial charge in [-0.05, 0) is 12.8 Å². The van der Waals surface area contributed by atoms with Crippen molar-refractivity contribution in [2.75, 3.05) is 26.9 Å². The molecule has 7 heteroatoms. The minimum Gasteiger partial charge on any atom is -0.476 e. The van der Waals surface area contributed by atoms with Gasteiger partial charge >= 0.3 is 5.97 Å². The molecule has 100 valence electrons. The van der Waals surface area contributed by atoms with E-state index in [-0.39, 0.29) is 5.69 Å². The molecule has 1 aliphatic carbocycles. The number of aromatic carboxylic acids is 1. The van der Waals surface area contributed by atoms with Gasteiger partial charge in [0.2, 0.25) is 0 Å². The molecule has 0 radical (unpaired) electrons. The van der Waals surface area contributed by atoms with E-state index in [1.54, 1.807) is 11.8 Å². The highest BCUT2D eigenvalue weighted by atomic mass is 16.5. The predicted octanol–water partition coefficient (Wildman–Crippen LogP) is 0.517. The van der Waals surface area contributed by atoms with E-state index in [0.717, 1.165) is 18.5 Å². The molecule has 7 nitrogen and oxygen atoms in total. The molecule has 1 aromatic rings. The molecule has 0 bridgehead atoms. The summed E-state index contributed by atoms with van der Waals surface area (Å²) < 4.78 is 11.9. The molecule has 1 saturated carbocycles. The normalized spacial score (nSPS) is 14.9. The molecular formula is C11H17N3O4. The van der Waals surface area contributed by atoms with Crippen LogP contribution in [0.3, 0.4) is 0 Å². The molecule has 0 aliphatic heterocycles. The van der Waals surface area contributed by atoms with Crippen molar-refractivity contribution in [1.82, 2.24) is 15.0 Å². The first-order valence-corrected chi connectivity index (χ1v) is 5.97. The molecular weight excluding hydrogens is 238 g/mol. The average molecular weight is 255 g/mol. The molecule has 0 atom stereocenters. The van der Waals surface area contributed by atoms with E-state index < -0.39 is 5.97 Å². The minimum absolute atomic E-state index is 0.0781. The van der Waals surface area contributed by atoms with Crippen LogP contribution in [0.25, 0.3) is 0 Å². The maximum absolute atomic E-state index is 11.0. The fourth-order valence-electron chi connectivity index (χ4n) is 1.79. The third kappa shape index (κ3) is 3.05. The van der Waals surface area contributed by atoms with Crippen LogP contribution in [0.2, 0.25) is 0 Å². The molecule has 0 spiro atoms. The molecule has 0 unspecified atom stereocenters. The number of rotatable bonds is 8. The monoisotopic (exact) mass is 255 g/mol. The van der Waals surface area contributed by atoms with E-state index in [0.29, 0.717) is 32.3 Å². The van der Waals surface area contributed by atoms with Gasteiger partial charge in [-0.25, -0.2) is 9.48 Å². The number of aromatic nitrogens is 3. The second-order valence-corrected chi connectivity index (χ2v) is 4.23. The van der Waals surface area contributed by atoms with Crippen molar-refractivity contribution in [3.63, 3.8) is 0 Å². The number of carbonyl (C=O) groups is 1. The summed E-state index contributed by atoms with van der Waals surface area (Å²) in [5.41, 5.74) is 0.812. The quantitative estimate of drug-likeness (QED) is 0.681. The second kappa shape index (κ2) is 5.92. The Morgan fingerprint density at radius 3 is 2.83 bits per heavy atom. The van der Waals surface area contributed by atoms with Crippen molar-refractivity contribution in [1.29, 1.82) is 0 Å². The largest absolute Gasteiger partial charge is 0.476 e. The van der Waals surface area contributed by atoms with Gasteiger partial charge in [0.1, 0.15) is 0 Å². The summed E-state index contributed by atoms with van der Waals surface area (Å²) in [6.45, 7) is 2.07. The summed E-state index contributed by atoms with van der Waals surface area (Å²) in [7, 11) is 1.62.